The third-order valence-corrected chi connectivity index (χ3v) is 6.89. The fourth-order valence-electron chi connectivity index (χ4n) is 4.81. The number of rotatable bonds is 8. The highest BCUT2D eigenvalue weighted by molar-refractivity contribution is 5.77. The molecule has 0 N–H and O–H groups in total. The molecule has 0 radical (unpaired) electrons. The van der Waals surface area contributed by atoms with Gasteiger partial charge >= 0.3 is 0 Å². The number of piperidine rings is 1. The SMILES string of the molecule is COc1cccc(CCC2CCN(C(=O)CCc3ccccc3-c3ccc(C#N)cc3)CC2)c1. The Balaban J connectivity index is 1.26. The van der Waals surface area contributed by atoms with Gasteiger partial charge in [-0.25, -0.2) is 0 Å². The van der Waals surface area contributed by atoms with E-state index in [1.807, 2.05) is 47.4 Å². The lowest BCUT2D eigenvalue weighted by Gasteiger charge is -2.32. The highest BCUT2D eigenvalue weighted by atomic mass is 16.5. The zero-order chi connectivity index (χ0) is 23.8. The highest BCUT2D eigenvalue weighted by Gasteiger charge is 2.22. The van der Waals surface area contributed by atoms with Gasteiger partial charge in [-0.1, -0.05) is 48.5 Å². The summed E-state index contributed by atoms with van der Waals surface area (Å²) in [4.78, 5) is 15.0. The van der Waals surface area contributed by atoms with Crippen LogP contribution in [0.15, 0.2) is 72.8 Å². The third-order valence-electron chi connectivity index (χ3n) is 6.89. The second kappa shape index (κ2) is 11.5. The van der Waals surface area contributed by atoms with E-state index in [0.29, 0.717) is 17.9 Å². The van der Waals surface area contributed by atoms with Crippen molar-refractivity contribution in [2.45, 2.75) is 38.5 Å². The Morgan fingerprint density at radius 1 is 1.00 bits per heavy atom. The van der Waals surface area contributed by atoms with E-state index in [1.165, 1.54) is 11.1 Å². The molecule has 0 spiro atoms. The number of nitriles is 1. The molecule has 1 fully saturated rings. The standard InChI is InChI=1S/C30H32N2O2/c1-34-28-7-4-5-24(21-28)10-9-23-17-19-32(20-18-23)30(33)16-15-26-6-2-3-8-29(26)27-13-11-25(22-31)12-14-27/h2-8,11-14,21,23H,9-10,15-20H2,1H3. The summed E-state index contributed by atoms with van der Waals surface area (Å²) in [6.07, 6.45) is 5.64. The third kappa shape index (κ3) is 6.05. The molecule has 1 aliphatic rings. The molecule has 0 unspecified atom stereocenters. The summed E-state index contributed by atoms with van der Waals surface area (Å²) in [5, 5.41) is 9.04. The second-order valence-electron chi connectivity index (χ2n) is 9.06. The number of ether oxygens (including phenoxy) is 1. The molecule has 4 rings (SSSR count). The lowest BCUT2D eigenvalue weighted by Crippen LogP contribution is -2.38. The summed E-state index contributed by atoms with van der Waals surface area (Å²) in [6, 6.07) is 26.4. The van der Waals surface area contributed by atoms with E-state index in [2.05, 4.69) is 36.4 Å². The van der Waals surface area contributed by atoms with Gasteiger partial charge in [0.05, 0.1) is 18.7 Å². The van der Waals surface area contributed by atoms with Gasteiger partial charge < -0.3 is 9.64 Å². The predicted molar refractivity (Wildman–Crippen MR) is 136 cm³/mol. The van der Waals surface area contributed by atoms with Crippen molar-refractivity contribution in [2.24, 2.45) is 5.92 Å². The Kier molecular flexibility index (Phi) is 7.99. The van der Waals surface area contributed by atoms with Gasteiger partial charge in [0.2, 0.25) is 5.91 Å². The first kappa shape index (κ1) is 23.6. The number of likely N-dealkylation sites (tertiary alicyclic amines) is 1. The van der Waals surface area contributed by atoms with E-state index in [0.717, 1.165) is 62.1 Å². The zero-order valence-corrected chi connectivity index (χ0v) is 19.9. The van der Waals surface area contributed by atoms with Gasteiger partial charge in [0.25, 0.3) is 0 Å². The van der Waals surface area contributed by atoms with E-state index in [4.69, 9.17) is 10.00 Å². The smallest absolute Gasteiger partial charge is 0.222 e. The molecule has 1 heterocycles. The Hall–Kier alpha value is -3.58. The molecule has 0 aromatic heterocycles. The quantitative estimate of drug-likeness (QED) is 0.419. The van der Waals surface area contributed by atoms with Gasteiger partial charge in [-0.15, -0.1) is 0 Å². The Bertz CT molecular complexity index is 1140. The monoisotopic (exact) mass is 452 g/mol. The fourth-order valence-corrected chi connectivity index (χ4v) is 4.81. The van der Waals surface area contributed by atoms with Crippen molar-refractivity contribution in [3.8, 4) is 22.9 Å². The van der Waals surface area contributed by atoms with E-state index in [1.54, 1.807) is 7.11 Å². The maximum absolute atomic E-state index is 12.9. The van der Waals surface area contributed by atoms with Crippen LogP contribution >= 0.6 is 0 Å². The van der Waals surface area contributed by atoms with Crippen molar-refractivity contribution < 1.29 is 9.53 Å². The average Bonchev–Trinajstić information content (AvgIpc) is 2.91. The second-order valence-corrected chi connectivity index (χ2v) is 9.06. The summed E-state index contributed by atoms with van der Waals surface area (Å²) >= 11 is 0. The number of hydrogen-bond donors (Lipinski definition) is 0. The molecule has 1 aliphatic heterocycles. The van der Waals surface area contributed by atoms with Crippen molar-refractivity contribution in [1.29, 1.82) is 5.26 Å². The minimum Gasteiger partial charge on any atom is -0.497 e. The molecule has 0 atom stereocenters. The first-order valence-electron chi connectivity index (χ1n) is 12.2. The van der Waals surface area contributed by atoms with Crippen LogP contribution in [0.1, 0.15) is 42.4 Å². The molecule has 1 saturated heterocycles. The molecular formula is C30H32N2O2. The predicted octanol–water partition coefficient (Wildman–Crippen LogP) is 6.04. The van der Waals surface area contributed by atoms with Crippen molar-refractivity contribution in [3.05, 3.63) is 89.5 Å². The van der Waals surface area contributed by atoms with Crippen LogP contribution in [-0.4, -0.2) is 31.0 Å². The lowest BCUT2D eigenvalue weighted by molar-refractivity contribution is -0.132. The number of benzene rings is 3. The van der Waals surface area contributed by atoms with Crippen LogP contribution in [0.5, 0.6) is 5.75 Å². The van der Waals surface area contributed by atoms with Crippen LogP contribution in [0.4, 0.5) is 0 Å². The number of carbonyl (C=O) groups excluding carboxylic acids is 1. The van der Waals surface area contributed by atoms with Crippen molar-refractivity contribution in [1.82, 2.24) is 4.90 Å². The molecule has 3 aromatic rings. The van der Waals surface area contributed by atoms with Gasteiger partial charge in [-0.3, -0.25) is 4.79 Å². The van der Waals surface area contributed by atoms with E-state index in [9.17, 15) is 4.79 Å². The van der Waals surface area contributed by atoms with Crippen LogP contribution < -0.4 is 4.74 Å². The van der Waals surface area contributed by atoms with Gasteiger partial charge in [0, 0.05) is 19.5 Å². The average molecular weight is 453 g/mol. The van der Waals surface area contributed by atoms with E-state index in [-0.39, 0.29) is 5.91 Å². The minimum absolute atomic E-state index is 0.251. The minimum atomic E-state index is 0.251. The summed E-state index contributed by atoms with van der Waals surface area (Å²) in [5.41, 5.74) is 5.37. The molecule has 0 saturated carbocycles. The van der Waals surface area contributed by atoms with Gasteiger partial charge in [-0.05, 0) is 84.5 Å². The maximum Gasteiger partial charge on any atom is 0.222 e. The fraction of sp³-hybridized carbons (Fsp3) is 0.333. The van der Waals surface area contributed by atoms with Gasteiger partial charge in [0.1, 0.15) is 5.75 Å². The number of nitrogens with zero attached hydrogens (tertiary/aromatic N) is 2. The Labute approximate surface area is 202 Å². The van der Waals surface area contributed by atoms with Gasteiger partial charge in [-0.2, -0.15) is 5.26 Å². The number of methoxy groups -OCH3 is 1. The molecule has 0 aliphatic carbocycles. The molecular weight excluding hydrogens is 420 g/mol. The number of amides is 1. The Morgan fingerprint density at radius 3 is 2.50 bits per heavy atom. The highest BCUT2D eigenvalue weighted by Crippen LogP contribution is 2.27. The number of hydrogen-bond acceptors (Lipinski definition) is 3. The van der Waals surface area contributed by atoms with Crippen LogP contribution in [0.2, 0.25) is 0 Å². The molecule has 34 heavy (non-hydrogen) atoms. The van der Waals surface area contributed by atoms with Crippen LogP contribution in [0.3, 0.4) is 0 Å². The molecule has 0 bridgehead atoms. The molecule has 1 amide bonds. The first-order valence-corrected chi connectivity index (χ1v) is 12.2. The van der Waals surface area contributed by atoms with Crippen LogP contribution in [0.25, 0.3) is 11.1 Å². The topological polar surface area (TPSA) is 53.3 Å². The number of carbonyl (C=O) groups is 1. The largest absolute Gasteiger partial charge is 0.497 e. The van der Waals surface area contributed by atoms with Crippen molar-refractivity contribution in [3.63, 3.8) is 0 Å². The Morgan fingerprint density at radius 2 is 1.76 bits per heavy atom. The summed E-state index contributed by atoms with van der Waals surface area (Å²) < 4.78 is 5.33. The van der Waals surface area contributed by atoms with Crippen molar-refractivity contribution in [2.75, 3.05) is 20.2 Å². The first-order chi connectivity index (χ1) is 16.7. The molecule has 4 heteroatoms. The normalized spacial score (nSPS) is 13.9. The molecule has 3 aromatic carbocycles. The zero-order valence-electron chi connectivity index (χ0n) is 19.9. The molecule has 174 valence electrons. The van der Waals surface area contributed by atoms with E-state index < -0.39 is 0 Å². The van der Waals surface area contributed by atoms with Gasteiger partial charge in [0.15, 0.2) is 0 Å². The summed E-state index contributed by atoms with van der Waals surface area (Å²) in [5.74, 6) is 1.84. The van der Waals surface area contributed by atoms with E-state index >= 15 is 0 Å². The lowest BCUT2D eigenvalue weighted by atomic mass is 9.90. The summed E-state index contributed by atoms with van der Waals surface area (Å²) in [6.45, 7) is 1.72. The maximum atomic E-state index is 12.9. The van der Waals surface area contributed by atoms with Crippen LogP contribution in [-0.2, 0) is 17.6 Å². The number of aryl methyl sites for hydroxylation is 2. The van der Waals surface area contributed by atoms with Crippen molar-refractivity contribution >= 4 is 5.91 Å². The summed E-state index contributed by atoms with van der Waals surface area (Å²) in [7, 11) is 1.71. The molecule has 4 nitrogen and oxygen atoms in total. The van der Waals surface area contributed by atoms with Crippen LogP contribution in [0, 0.1) is 17.2 Å².